The second-order valence-electron chi connectivity index (χ2n) is 5.74. The normalized spacial score (nSPS) is 23.0. The maximum absolute atomic E-state index is 11.5. The first-order chi connectivity index (χ1) is 10.1. The molecule has 0 aliphatic carbocycles. The van der Waals surface area contributed by atoms with Gasteiger partial charge in [-0.2, -0.15) is 0 Å². The number of ether oxygens (including phenoxy) is 2. The number of carbonyl (C=O) groups excluding carboxylic acids is 1. The van der Waals surface area contributed by atoms with Crippen LogP contribution in [-0.2, 0) is 4.74 Å². The fraction of sp³-hybridized carbons (Fsp3) is 0.588. The molecule has 1 fully saturated rings. The van der Waals surface area contributed by atoms with Crippen LogP contribution in [0.25, 0.3) is 0 Å². The lowest BCUT2D eigenvalue weighted by Crippen LogP contribution is -2.45. The molecule has 1 aromatic carbocycles. The smallest absolute Gasteiger partial charge is 0.163 e. The number of rotatable bonds is 6. The summed E-state index contributed by atoms with van der Waals surface area (Å²) in [6, 6.07) is 7.41. The van der Waals surface area contributed by atoms with Gasteiger partial charge in [-0.05, 0) is 37.9 Å². The van der Waals surface area contributed by atoms with Crippen molar-refractivity contribution in [3.63, 3.8) is 0 Å². The maximum Gasteiger partial charge on any atom is 0.163 e. The highest BCUT2D eigenvalue weighted by Gasteiger charge is 2.25. The molecule has 1 heterocycles. The van der Waals surface area contributed by atoms with Gasteiger partial charge in [-0.1, -0.05) is 19.1 Å². The van der Waals surface area contributed by atoms with Gasteiger partial charge in [0.1, 0.15) is 12.4 Å². The Labute approximate surface area is 127 Å². The van der Waals surface area contributed by atoms with Gasteiger partial charge >= 0.3 is 0 Å². The minimum absolute atomic E-state index is 0.0387. The highest BCUT2D eigenvalue weighted by atomic mass is 16.5. The molecule has 2 unspecified atom stereocenters. The van der Waals surface area contributed by atoms with E-state index in [2.05, 4.69) is 11.8 Å². The van der Waals surface area contributed by atoms with Crippen LogP contribution in [0.5, 0.6) is 5.75 Å². The van der Waals surface area contributed by atoms with E-state index < -0.39 is 0 Å². The van der Waals surface area contributed by atoms with Gasteiger partial charge < -0.3 is 9.47 Å². The largest absolute Gasteiger partial charge is 0.491 e. The molecule has 1 aromatic rings. The van der Waals surface area contributed by atoms with E-state index in [0.29, 0.717) is 29.9 Å². The summed E-state index contributed by atoms with van der Waals surface area (Å²) in [4.78, 5) is 13.9. The number of benzene rings is 1. The first-order valence-corrected chi connectivity index (χ1v) is 7.59. The Morgan fingerprint density at radius 2 is 2.14 bits per heavy atom. The quantitative estimate of drug-likeness (QED) is 0.755. The Hall–Kier alpha value is -1.39. The summed E-state index contributed by atoms with van der Waals surface area (Å²) in [5, 5.41) is 0. The van der Waals surface area contributed by atoms with Gasteiger partial charge in [0.05, 0.1) is 11.7 Å². The van der Waals surface area contributed by atoms with Gasteiger partial charge in [-0.25, -0.2) is 0 Å². The number of Topliss-reactive ketones (excluding diaryl/α,β-unsaturated/α-hetero) is 1. The summed E-state index contributed by atoms with van der Waals surface area (Å²) < 4.78 is 11.3. The average molecular weight is 291 g/mol. The summed E-state index contributed by atoms with van der Waals surface area (Å²) in [7, 11) is 1.78. The number of ketones is 1. The SMILES string of the molecule is COC1CN(CCOc2ccccc2C(C)=O)CCC1C. The van der Waals surface area contributed by atoms with Gasteiger partial charge in [-0.3, -0.25) is 9.69 Å². The van der Waals surface area contributed by atoms with Crippen LogP contribution in [-0.4, -0.2) is 50.1 Å². The number of carbonyl (C=O) groups is 1. The van der Waals surface area contributed by atoms with E-state index >= 15 is 0 Å². The van der Waals surface area contributed by atoms with Crippen molar-refractivity contribution in [1.82, 2.24) is 4.90 Å². The monoisotopic (exact) mass is 291 g/mol. The second-order valence-corrected chi connectivity index (χ2v) is 5.74. The summed E-state index contributed by atoms with van der Waals surface area (Å²) >= 11 is 0. The average Bonchev–Trinajstić information content (AvgIpc) is 2.49. The Balaban J connectivity index is 1.83. The van der Waals surface area contributed by atoms with Crippen LogP contribution >= 0.6 is 0 Å². The van der Waals surface area contributed by atoms with Crippen molar-refractivity contribution in [1.29, 1.82) is 0 Å². The number of piperidine rings is 1. The van der Waals surface area contributed by atoms with Crippen LogP contribution in [0.2, 0.25) is 0 Å². The van der Waals surface area contributed by atoms with Crippen molar-refractivity contribution in [2.75, 3.05) is 33.4 Å². The molecule has 0 radical (unpaired) electrons. The van der Waals surface area contributed by atoms with E-state index in [1.165, 1.54) is 0 Å². The van der Waals surface area contributed by atoms with E-state index in [4.69, 9.17) is 9.47 Å². The predicted octanol–water partition coefficient (Wildman–Crippen LogP) is 2.62. The molecule has 0 aromatic heterocycles. The van der Waals surface area contributed by atoms with Gasteiger partial charge in [0.2, 0.25) is 0 Å². The lowest BCUT2D eigenvalue weighted by molar-refractivity contribution is -0.00789. The van der Waals surface area contributed by atoms with E-state index in [1.807, 2.05) is 18.2 Å². The second kappa shape index (κ2) is 7.57. The number of likely N-dealkylation sites (tertiary alicyclic amines) is 1. The topological polar surface area (TPSA) is 38.8 Å². The van der Waals surface area contributed by atoms with Crippen molar-refractivity contribution in [2.24, 2.45) is 5.92 Å². The molecular weight excluding hydrogens is 266 g/mol. The van der Waals surface area contributed by atoms with Gasteiger partial charge in [-0.15, -0.1) is 0 Å². The molecule has 2 rings (SSSR count). The summed E-state index contributed by atoms with van der Waals surface area (Å²) in [5.41, 5.74) is 0.652. The summed E-state index contributed by atoms with van der Waals surface area (Å²) in [5.74, 6) is 1.33. The lowest BCUT2D eigenvalue weighted by Gasteiger charge is -2.36. The molecule has 2 atom stereocenters. The maximum atomic E-state index is 11.5. The van der Waals surface area contributed by atoms with Crippen LogP contribution in [0.4, 0.5) is 0 Å². The van der Waals surface area contributed by atoms with Crippen LogP contribution in [0, 0.1) is 5.92 Å². The molecular formula is C17H25NO3. The molecule has 0 spiro atoms. The number of para-hydroxylation sites is 1. The van der Waals surface area contributed by atoms with E-state index in [9.17, 15) is 4.79 Å². The molecule has 4 heteroatoms. The molecule has 1 aliphatic rings. The minimum Gasteiger partial charge on any atom is -0.491 e. The molecule has 0 saturated carbocycles. The highest BCUT2D eigenvalue weighted by molar-refractivity contribution is 5.96. The number of nitrogens with zero attached hydrogens (tertiary/aromatic N) is 1. The van der Waals surface area contributed by atoms with Crippen molar-refractivity contribution >= 4 is 5.78 Å². The third-order valence-electron chi connectivity index (χ3n) is 4.21. The van der Waals surface area contributed by atoms with Gasteiger partial charge in [0, 0.05) is 20.2 Å². The van der Waals surface area contributed by atoms with Crippen molar-refractivity contribution < 1.29 is 14.3 Å². The van der Waals surface area contributed by atoms with Crippen LogP contribution in [0.1, 0.15) is 30.6 Å². The number of hydrogen-bond donors (Lipinski definition) is 0. The Morgan fingerprint density at radius 3 is 2.86 bits per heavy atom. The molecule has 0 amide bonds. The highest BCUT2D eigenvalue weighted by Crippen LogP contribution is 2.20. The first-order valence-electron chi connectivity index (χ1n) is 7.59. The van der Waals surface area contributed by atoms with Crippen LogP contribution < -0.4 is 4.74 Å². The van der Waals surface area contributed by atoms with E-state index in [0.717, 1.165) is 26.1 Å². The Kier molecular flexibility index (Phi) is 5.76. The standard InChI is InChI=1S/C17H25NO3/c1-13-8-9-18(12-17(13)20-3)10-11-21-16-7-5-4-6-15(16)14(2)19/h4-7,13,17H,8-12H2,1-3H3. The zero-order chi connectivity index (χ0) is 15.2. The fourth-order valence-electron chi connectivity index (χ4n) is 2.78. The van der Waals surface area contributed by atoms with E-state index in [-0.39, 0.29) is 5.78 Å². The fourth-order valence-corrected chi connectivity index (χ4v) is 2.78. The third-order valence-corrected chi connectivity index (χ3v) is 4.21. The van der Waals surface area contributed by atoms with Crippen molar-refractivity contribution in [2.45, 2.75) is 26.4 Å². The molecule has 116 valence electrons. The van der Waals surface area contributed by atoms with Crippen LogP contribution in [0.15, 0.2) is 24.3 Å². The Bertz CT molecular complexity index is 475. The van der Waals surface area contributed by atoms with Gasteiger partial charge in [0.25, 0.3) is 0 Å². The Morgan fingerprint density at radius 1 is 1.38 bits per heavy atom. The summed E-state index contributed by atoms with van der Waals surface area (Å²) in [6.07, 6.45) is 1.46. The molecule has 4 nitrogen and oxygen atoms in total. The number of hydrogen-bond acceptors (Lipinski definition) is 4. The molecule has 1 aliphatic heterocycles. The predicted molar refractivity (Wildman–Crippen MR) is 83.0 cm³/mol. The molecule has 21 heavy (non-hydrogen) atoms. The first kappa shape index (κ1) is 16.0. The minimum atomic E-state index is 0.0387. The molecule has 0 N–H and O–H groups in total. The third kappa shape index (κ3) is 4.29. The van der Waals surface area contributed by atoms with Gasteiger partial charge in [0.15, 0.2) is 5.78 Å². The van der Waals surface area contributed by atoms with Crippen molar-refractivity contribution in [3.05, 3.63) is 29.8 Å². The van der Waals surface area contributed by atoms with Crippen molar-refractivity contribution in [3.8, 4) is 5.75 Å². The molecule has 0 bridgehead atoms. The zero-order valence-corrected chi connectivity index (χ0v) is 13.2. The van der Waals surface area contributed by atoms with E-state index in [1.54, 1.807) is 20.1 Å². The van der Waals surface area contributed by atoms with Crippen LogP contribution in [0.3, 0.4) is 0 Å². The zero-order valence-electron chi connectivity index (χ0n) is 13.2. The summed E-state index contributed by atoms with van der Waals surface area (Å²) in [6.45, 7) is 7.30. The lowest BCUT2D eigenvalue weighted by atomic mass is 9.96. The molecule has 1 saturated heterocycles. The number of methoxy groups -OCH3 is 1.